The van der Waals surface area contributed by atoms with E-state index in [1.54, 1.807) is 30.3 Å². The molecule has 3 aromatic rings. The van der Waals surface area contributed by atoms with E-state index in [2.05, 4.69) is 11.4 Å². The van der Waals surface area contributed by atoms with Crippen LogP contribution in [0.5, 0.6) is 5.75 Å². The Morgan fingerprint density at radius 1 is 1.17 bits per heavy atom. The van der Waals surface area contributed by atoms with Gasteiger partial charge in [-0.2, -0.15) is 10.5 Å². The molecule has 4 rings (SSSR count). The Balaban J connectivity index is 1.47. The van der Waals surface area contributed by atoms with E-state index < -0.39 is 11.9 Å². The predicted molar refractivity (Wildman–Crippen MR) is 137 cm³/mol. The lowest BCUT2D eigenvalue weighted by Crippen LogP contribution is -2.13. The third-order valence-corrected chi connectivity index (χ3v) is 7.21. The van der Waals surface area contributed by atoms with Crippen LogP contribution in [0.2, 0.25) is 5.02 Å². The second-order valence-corrected chi connectivity index (χ2v) is 9.65. The van der Waals surface area contributed by atoms with Gasteiger partial charge < -0.3 is 15.2 Å². The van der Waals surface area contributed by atoms with E-state index in [0.717, 1.165) is 36.1 Å². The van der Waals surface area contributed by atoms with Crippen molar-refractivity contribution in [1.82, 2.24) is 0 Å². The molecule has 36 heavy (non-hydrogen) atoms. The van der Waals surface area contributed by atoms with Crippen molar-refractivity contribution in [2.24, 2.45) is 0 Å². The van der Waals surface area contributed by atoms with Crippen molar-refractivity contribution in [1.29, 1.82) is 10.5 Å². The van der Waals surface area contributed by atoms with E-state index in [1.165, 1.54) is 29.5 Å². The third kappa shape index (κ3) is 5.58. The van der Waals surface area contributed by atoms with Gasteiger partial charge >= 0.3 is 5.97 Å². The average Bonchev–Trinajstić information content (AvgIpc) is 3.23. The fourth-order valence-electron chi connectivity index (χ4n) is 3.94. The van der Waals surface area contributed by atoms with Crippen molar-refractivity contribution in [3.05, 3.63) is 85.8 Å². The fraction of sp³-hybridized carbons (Fsp3) is 0.185. The maximum Gasteiger partial charge on any atom is 0.335 e. The van der Waals surface area contributed by atoms with Crippen LogP contribution in [0.4, 0.5) is 5.00 Å². The molecule has 9 heteroatoms. The normalized spacial score (nSPS) is 12.7. The standard InChI is InChI=1S/C27H20ClN3O4S/c28-22-12-16(8-9-23(22)35-15-17-4-3-5-18(11-17)27(33)34)10-19(13-29)25(32)31-26-21(14-30)20-6-1-2-7-24(20)36-26/h3-5,8-12H,1-2,6-7,15H2,(H,31,32)(H,33,34)/b19-10+. The minimum Gasteiger partial charge on any atom is -0.487 e. The van der Waals surface area contributed by atoms with Crippen LogP contribution in [0.25, 0.3) is 6.08 Å². The Hall–Kier alpha value is -4.11. The van der Waals surface area contributed by atoms with Crippen LogP contribution >= 0.6 is 22.9 Å². The molecule has 2 aromatic carbocycles. The summed E-state index contributed by atoms with van der Waals surface area (Å²) in [6.07, 6.45) is 5.21. The van der Waals surface area contributed by atoms with Crippen molar-refractivity contribution in [2.75, 3.05) is 5.32 Å². The number of carboxylic acids is 1. The van der Waals surface area contributed by atoms with Crippen molar-refractivity contribution in [3.63, 3.8) is 0 Å². The average molecular weight is 518 g/mol. The molecule has 0 radical (unpaired) electrons. The molecule has 7 nitrogen and oxygen atoms in total. The molecule has 1 heterocycles. The third-order valence-electron chi connectivity index (χ3n) is 5.71. The number of nitrogens with one attached hydrogen (secondary N) is 1. The van der Waals surface area contributed by atoms with Gasteiger partial charge in [0.1, 0.15) is 35.1 Å². The Morgan fingerprint density at radius 3 is 2.69 bits per heavy atom. The molecular formula is C27H20ClN3O4S. The lowest BCUT2D eigenvalue weighted by atomic mass is 9.96. The molecule has 0 unspecified atom stereocenters. The number of aromatic carboxylic acids is 1. The first-order chi connectivity index (χ1) is 17.4. The molecule has 2 N–H and O–H groups in total. The van der Waals surface area contributed by atoms with Gasteiger partial charge in [0.25, 0.3) is 5.91 Å². The van der Waals surface area contributed by atoms with Gasteiger partial charge in [0.2, 0.25) is 0 Å². The molecule has 1 aromatic heterocycles. The zero-order chi connectivity index (χ0) is 25.7. The monoisotopic (exact) mass is 517 g/mol. The number of ether oxygens (including phenoxy) is 1. The van der Waals surface area contributed by atoms with Crippen LogP contribution in [0.15, 0.2) is 48.0 Å². The van der Waals surface area contributed by atoms with Crippen LogP contribution in [0.1, 0.15) is 50.3 Å². The maximum absolute atomic E-state index is 12.8. The topological polar surface area (TPSA) is 123 Å². The first kappa shape index (κ1) is 25.0. The molecule has 0 aliphatic heterocycles. The molecule has 180 valence electrons. The minimum absolute atomic E-state index is 0.119. The number of rotatable bonds is 7. The molecule has 0 saturated carbocycles. The number of carboxylic acid groups (broad SMARTS) is 1. The summed E-state index contributed by atoms with van der Waals surface area (Å²) < 4.78 is 5.72. The number of carbonyl (C=O) groups is 2. The number of anilines is 1. The largest absolute Gasteiger partial charge is 0.487 e. The Labute approximate surface area is 216 Å². The number of carbonyl (C=O) groups excluding carboxylic acids is 1. The number of hydrogen-bond donors (Lipinski definition) is 2. The second-order valence-electron chi connectivity index (χ2n) is 8.13. The van der Waals surface area contributed by atoms with E-state index in [4.69, 9.17) is 21.4 Å². The van der Waals surface area contributed by atoms with Gasteiger partial charge in [0, 0.05) is 4.88 Å². The number of nitriles is 2. The number of nitrogens with zero attached hydrogens (tertiary/aromatic N) is 2. The highest BCUT2D eigenvalue weighted by atomic mass is 35.5. The van der Waals surface area contributed by atoms with Gasteiger partial charge in [0.05, 0.1) is 16.1 Å². The highest BCUT2D eigenvalue weighted by Crippen LogP contribution is 2.38. The minimum atomic E-state index is -1.02. The molecule has 0 saturated heterocycles. The van der Waals surface area contributed by atoms with E-state index >= 15 is 0 Å². The van der Waals surface area contributed by atoms with Crippen molar-refractivity contribution in [2.45, 2.75) is 32.3 Å². The molecule has 1 amide bonds. The van der Waals surface area contributed by atoms with Crippen molar-refractivity contribution in [3.8, 4) is 17.9 Å². The molecular weight excluding hydrogens is 498 g/mol. The number of aryl methyl sites for hydroxylation is 1. The van der Waals surface area contributed by atoms with Crippen LogP contribution < -0.4 is 10.1 Å². The predicted octanol–water partition coefficient (Wildman–Crippen LogP) is 5.97. The Bertz CT molecular complexity index is 1460. The van der Waals surface area contributed by atoms with Crippen LogP contribution in [-0.2, 0) is 24.2 Å². The van der Waals surface area contributed by atoms with Gasteiger partial charge in [-0.25, -0.2) is 4.79 Å². The highest BCUT2D eigenvalue weighted by molar-refractivity contribution is 7.16. The number of halogens is 1. The number of amides is 1. The lowest BCUT2D eigenvalue weighted by molar-refractivity contribution is -0.112. The first-order valence-electron chi connectivity index (χ1n) is 11.1. The summed E-state index contributed by atoms with van der Waals surface area (Å²) >= 11 is 7.74. The number of benzene rings is 2. The summed E-state index contributed by atoms with van der Waals surface area (Å²) in [4.78, 5) is 25.1. The van der Waals surface area contributed by atoms with E-state index in [9.17, 15) is 20.1 Å². The number of fused-ring (bicyclic) bond motifs is 1. The molecule has 0 spiro atoms. The quantitative estimate of drug-likeness (QED) is 0.294. The summed E-state index contributed by atoms with van der Waals surface area (Å²) in [7, 11) is 0. The van der Waals surface area contributed by atoms with Crippen molar-refractivity contribution < 1.29 is 19.4 Å². The van der Waals surface area contributed by atoms with Gasteiger partial charge in [-0.1, -0.05) is 29.8 Å². The Morgan fingerprint density at radius 2 is 1.97 bits per heavy atom. The van der Waals surface area contributed by atoms with Crippen molar-refractivity contribution >= 4 is 45.9 Å². The summed E-state index contributed by atoms with van der Waals surface area (Å²) in [6, 6.07) is 15.3. The molecule has 1 aliphatic carbocycles. The fourth-order valence-corrected chi connectivity index (χ4v) is 5.42. The van der Waals surface area contributed by atoms with Gasteiger partial charge in [-0.15, -0.1) is 11.3 Å². The van der Waals surface area contributed by atoms with Gasteiger partial charge in [0.15, 0.2) is 0 Å². The number of hydrogen-bond acceptors (Lipinski definition) is 6. The van der Waals surface area contributed by atoms with Crippen LogP contribution in [0.3, 0.4) is 0 Å². The maximum atomic E-state index is 12.8. The SMILES string of the molecule is N#C/C(=C\c1ccc(OCc2cccc(C(=O)O)c2)c(Cl)c1)C(=O)Nc1sc2c(c1C#N)CCCC2. The summed E-state index contributed by atoms with van der Waals surface area (Å²) in [5.41, 5.74) is 2.72. The molecule has 0 bridgehead atoms. The zero-order valence-corrected chi connectivity index (χ0v) is 20.6. The lowest BCUT2D eigenvalue weighted by Gasteiger charge is -2.10. The highest BCUT2D eigenvalue weighted by Gasteiger charge is 2.22. The summed E-state index contributed by atoms with van der Waals surface area (Å²) in [5, 5.41) is 31.8. The number of thiophene rings is 1. The molecule has 0 atom stereocenters. The van der Waals surface area contributed by atoms with E-state index in [-0.39, 0.29) is 22.8 Å². The van der Waals surface area contributed by atoms with Crippen LogP contribution in [0, 0.1) is 22.7 Å². The first-order valence-corrected chi connectivity index (χ1v) is 12.3. The van der Waals surface area contributed by atoms with E-state index in [0.29, 0.717) is 27.4 Å². The summed E-state index contributed by atoms with van der Waals surface area (Å²) in [6.45, 7) is 0.119. The second kappa shape index (κ2) is 11.1. The molecule has 0 fully saturated rings. The van der Waals surface area contributed by atoms with E-state index in [1.807, 2.05) is 6.07 Å². The zero-order valence-electron chi connectivity index (χ0n) is 19.0. The Kier molecular flexibility index (Phi) is 7.70. The summed E-state index contributed by atoms with van der Waals surface area (Å²) in [5.74, 6) is -1.24. The van der Waals surface area contributed by atoms with Gasteiger partial charge in [-0.05, 0) is 72.7 Å². The van der Waals surface area contributed by atoms with Crippen LogP contribution in [-0.4, -0.2) is 17.0 Å². The molecule has 1 aliphatic rings. The smallest absolute Gasteiger partial charge is 0.335 e. The van der Waals surface area contributed by atoms with Gasteiger partial charge in [-0.3, -0.25) is 4.79 Å².